The Kier molecular flexibility index (Phi) is 3.19. The highest BCUT2D eigenvalue weighted by molar-refractivity contribution is 6.10. The van der Waals surface area contributed by atoms with Crippen LogP contribution in [0.2, 0.25) is 0 Å². The number of aryl methyl sites for hydroxylation is 1. The summed E-state index contributed by atoms with van der Waals surface area (Å²) in [5.74, 6) is 0.120. The van der Waals surface area contributed by atoms with E-state index in [9.17, 15) is 9.90 Å². The van der Waals surface area contributed by atoms with Crippen molar-refractivity contribution in [3.8, 4) is 0 Å². The lowest BCUT2D eigenvalue weighted by Crippen LogP contribution is -2.47. The largest absolute Gasteiger partial charge is 0.393 e. The normalized spacial score (nSPS) is 25.8. The van der Waals surface area contributed by atoms with Gasteiger partial charge in [-0.2, -0.15) is 0 Å². The van der Waals surface area contributed by atoms with Crippen LogP contribution in [0.1, 0.15) is 36.0 Å². The zero-order valence-corrected chi connectivity index (χ0v) is 14.4. The van der Waals surface area contributed by atoms with Gasteiger partial charge in [-0.25, -0.2) is 0 Å². The SMILES string of the molecule is Cn1c2ccccc2c2cc(C(=O)N3[C@@H]4CC[C@H]3CC(O)C4)ccc21. The fourth-order valence-corrected chi connectivity index (χ4v) is 4.93. The van der Waals surface area contributed by atoms with Gasteiger partial charge >= 0.3 is 0 Å². The number of carbonyl (C=O) groups is 1. The van der Waals surface area contributed by atoms with E-state index in [1.165, 1.54) is 10.9 Å². The molecular weight excluding hydrogens is 312 g/mol. The Morgan fingerprint density at radius 2 is 1.68 bits per heavy atom. The summed E-state index contributed by atoms with van der Waals surface area (Å²) in [5.41, 5.74) is 3.09. The summed E-state index contributed by atoms with van der Waals surface area (Å²) in [6.07, 6.45) is 3.23. The number of hydrogen-bond acceptors (Lipinski definition) is 2. The lowest BCUT2D eigenvalue weighted by molar-refractivity contribution is 0.0287. The number of hydrogen-bond donors (Lipinski definition) is 1. The Morgan fingerprint density at radius 1 is 1.00 bits per heavy atom. The van der Waals surface area contributed by atoms with E-state index in [0.29, 0.717) is 0 Å². The van der Waals surface area contributed by atoms with Crippen molar-refractivity contribution in [2.75, 3.05) is 0 Å². The van der Waals surface area contributed by atoms with Gasteiger partial charge in [-0.15, -0.1) is 0 Å². The first-order valence-electron chi connectivity index (χ1n) is 9.11. The molecule has 2 saturated heterocycles. The Morgan fingerprint density at radius 3 is 2.44 bits per heavy atom. The highest BCUT2D eigenvalue weighted by atomic mass is 16.3. The van der Waals surface area contributed by atoms with Gasteiger partial charge in [0.05, 0.1) is 6.10 Å². The fraction of sp³-hybridized carbons (Fsp3) is 0.381. The second kappa shape index (κ2) is 5.33. The van der Waals surface area contributed by atoms with Crippen molar-refractivity contribution in [3.05, 3.63) is 48.0 Å². The van der Waals surface area contributed by atoms with Gasteiger partial charge in [0.25, 0.3) is 5.91 Å². The van der Waals surface area contributed by atoms with Crippen LogP contribution in [-0.2, 0) is 7.05 Å². The van der Waals surface area contributed by atoms with Crippen molar-refractivity contribution in [3.63, 3.8) is 0 Å². The summed E-state index contributed by atoms with van der Waals surface area (Å²) in [6, 6.07) is 14.8. The zero-order chi connectivity index (χ0) is 17.1. The molecule has 2 bridgehead atoms. The molecule has 128 valence electrons. The summed E-state index contributed by atoms with van der Waals surface area (Å²) in [6.45, 7) is 0. The van der Waals surface area contributed by atoms with E-state index >= 15 is 0 Å². The smallest absolute Gasteiger partial charge is 0.254 e. The third-order valence-electron chi connectivity index (χ3n) is 6.10. The number of aliphatic hydroxyl groups excluding tert-OH is 1. The third kappa shape index (κ3) is 2.13. The average molecular weight is 334 g/mol. The molecule has 4 nitrogen and oxygen atoms in total. The lowest BCUT2D eigenvalue weighted by Gasteiger charge is -2.37. The molecule has 2 aromatic carbocycles. The fourth-order valence-electron chi connectivity index (χ4n) is 4.93. The van der Waals surface area contributed by atoms with Crippen LogP contribution in [0.3, 0.4) is 0 Å². The molecule has 1 aromatic heterocycles. The van der Waals surface area contributed by atoms with E-state index in [2.05, 4.69) is 29.8 Å². The maximum Gasteiger partial charge on any atom is 0.254 e. The molecule has 4 heteroatoms. The van der Waals surface area contributed by atoms with Gasteiger partial charge in [-0.3, -0.25) is 4.79 Å². The number of aromatic nitrogens is 1. The third-order valence-corrected chi connectivity index (χ3v) is 6.10. The highest BCUT2D eigenvalue weighted by Gasteiger charge is 2.42. The van der Waals surface area contributed by atoms with Crippen LogP contribution in [0.15, 0.2) is 42.5 Å². The number of benzene rings is 2. The molecule has 1 unspecified atom stereocenters. The molecule has 3 heterocycles. The minimum Gasteiger partial charge on any atom is -0.393 e. The van der Waals surface area contributed by atoms with Crippen molar-refractivity contribution in [1.29, 1.82) is 0 Å². The summed E-state index contributed by atoms with van der Waals surface area (Å²) in [4.78, 5) is 15.2. The van der Waals surface area contributed by atoms with Crippen LogP contribution < -0.4 is 0 Å². The first-order valence-corrected chi connectivity index (χ1v) is 9.11. The minimum atomic E-state index is -0.248. The maximum absolute atomic E-state index is 13.2. The van der Waals surface area contributed by atoms with E-state index in [-0.39, 0.29) is 24.1 Å². The summed E-state index contributed by atoms with van der Waals surface area (Å²) in [7, 11) is 2.07. The number of nitrogens with zero attached hydrogens (tertiary/aromatic N) is 2. The molecule has 1 amide bonds. The molecule has 3 atom stereocenters. The molecule has 2 aliphatic heterocycles. The molecule has 25 heavy (non-hydrogen) atoms. The van der Waals surface area contributed by atoms with Crippen molar-refractivity contribution in [2.24, 2.45) is 7.05 Å². The van der Waals surface area contributed by atoms with Gasteiger partial charge < -0.3 is 14.6 Å². The molecule has 0 aliphatic carbocycles. The summed E-state index contributed by atoms with van der Waals surface area (Å²) < 4.78 is 2.18. The first-order chi connectivity index (χ1) is 12.1. The van der Waals surface area contributed by atoms with Crippen LogP contribution in [-0.4, -0.2) is 38.7 Å². The maximum atomic E-state index is 13.2. The van der Waals surface area contributed by atoms with Crippen LogP contribution >= 0.6 is 0 Å². The monoisotopic (exact) mass is 334 g/mol. The van der Waals surface area contributed by atoms with E-state index in [4.69, 9.17) is 0 Å². The Balaban J connectivity index is 1.59. The number of rotatable bonds is 1. The number of para-hydroxylation sites is 1. The minimum absolute atomic E-state index is 0.120. The molecule has 2 aliphatic rings. The number of fused-ring (bicyclic) bond motifs is 5. The summed E-state index contributed by atoms with van der Waals surface area (Å²) in [5, 5.41) is 12.3. The molecule has 5 rings (SSSR count). The van der Waals surface area contributed by atoms with E-state index < -0.39 is 0 Å². The molecule has 0 spiro atoms. The average Bonchev–Trinajstić information content (AvgIpc) is 3.07. The predicted molar refractivity (Wildman–Crippen MR) is 98.6 cm³/mol. The molecule has 0 saturated carbocycles. The van der Waals surface area contributed by atoms with Crippen molar-refractivity contribution in [1.82, 2.24) is 9.47 Å². The first kappa shape index (κ1) is 15.0. The van der Waals surface area contributed by atoms with Gasteiger partial charge in [0, 0.05) is 46.5 Å². The van der Waals surface area contributed by atoms with Crippen LogP contribution in [0.25, 0.3) is 21.8 Å². The van der Waals surface area contributed by atoms with E-state index in [1.54, 1.807) is 0 Å². The molecule has 3 aromatic rings. The lowest BCUT2D eigenvalue weighted by atomic mass is 9.98. The van der Waals surface area contributed by atoms with Gasteiger partial charge in [0.1, 0.15) is 0 Å². The van der Waals surface area contributed by atoms with Crippen LogP contribution in [0, 0.1) is 0 Å². The standard InChI is InChI=1S/C21H22N2O2/c1-22-19-5-3-2-4-17(19)18-10-13(6-9-20(18)22)21(25)23-14-7-8-15(23)12-16(24)11-14/h2-6,9-10,14-16,24H,7-8,11-12H2,1H3/t14-,15+,16?. The van der Waals surface area contributed by atoms with E-state index in [0.717, 1.165) is 42.1 Å². The topological polar surface area (TPSA) is 45.5 Å². The van der Waals surface area contributed by atoms with Gasteiger partial charge in [0.2, 0.25) is 0 Å². The van der Waals surface area contributed by atoms with Gasteiger partial charge in [-0.05, 0) is 49.9 Å². The summed E-state index contributed by atoms with van der Waals surface area (Å²) >= 11 is 0. The van der Waals surface area contributed by atoms with E-state index in [1.807, 2.05) is 29.2 Å². The highest BCUT2D eigenvalue weighted by Crippen LogP contribution is 2.37. The van der Waals surface area contributed by atoms with Crippen molar-refractivity contribution in [2.45, 2.75) is 43.9 Å². The second-order valence-corrected chi connectivity index (χ2v) is 7.53. The van der Waals surface area contributed by atoms with Gasteiger partial charge in [-0.1, -0.05) is 18.2 Å². The Hall–Kier alpha value is -2.33. The molecular formula is C21H22N2O2. The second-order valence-electron chi connectivity index (χ2n) is 7.53. The number of carbonyl (C=O) groups excluding carboxylic acids is 1. The van der Waals surface area contributed by atoms with Gasteiger partial charge in [0.15, 0.2) is 0 Å². The van der Waals surface area contributed by atoms with Crippen molar-refractivity contribution < 1.29 is 9.90 Å². The van der Waals surface area contributed by atoms with Crippen LogP contribution in [0.5, 0.6) is 0 Å². The number of piperidine rings is 1. The molecule has 0 radical (unpaired) electrons. The zero-order valence-electron chi connectivity index (χ0n) is 14.4. The van der Waals surface area contributed by atoms with Crippen LogP contribution in [0.4, 0.5) is 0 Å². The predicted octanol–water partition coefficient (Wildman–Crippen LogP) is 3.46. The molecule has 1 N–H and O–H groups in total. The molecule has 2 fully saturated rings. The number of amides is 1. The quantitative estimate of drug-likeness (QED) is 0.741. The Labute approximate surface area is 146 Å². The Bertz CT molecular complexity index is 976. The number of aliphatic hydroxyl groups is 1. The van der Waals surface area contributed by atoms with Crippen molar-refractivity contribution >= 4 is 27.7 Å².